The van der Waals surface area contributed by atoms with Crippen LogP contribution < -0.4 is 0 Å². The molecule has 0 bridgehead atoms. The molecular formula is C9H5F3INO2. The zero-order chi connectivity index (χ0) is 12.3. The third-order valence-corrected chi connectivity index (χ3v) is 2.44. The fraction of sp³-hybridized carbons (Fsp3) is 0.111. The molecule has 0 fully saturated rings. The Labute approximate surface area is 102 Å². The molecule has 3 nitrogen and oxygen atoms in total. The fourth-order valence-electron chi connectivity index (χ4n) is 0.922. The second kappa shape index (κ2) is 4.81. The molecule has 1 N–H and O–H groups in total. The average Bonchev–Trinajstić information content (AvgIpc) is 2.14. The summed E-state index contributed by atoms with van der Waals surface area (Å²) in [6, 6.07) is 0.855. The minimum atomic E-state index is -4.49. The van der Waals surface area contributed by atoms with Crippen molar-refractivity contribution in [2.75, 3.05) is 0 Å². The van der Waals surface area contributed by atoms with Crippen LogP contribution in [0.1, 0.15) is 11.1 Å². The largest absolute Gasteiger partial charge is 0.478 e. The molecule has 0 amide bonds. The van der Waals surface area contributed by atoms with Crippen LogP contribution in [-0.4, -0.2) is 16.1 Å². The number of nitrogens with zero attached hydrogens (tertiary/aromatic N) is 1. The normalized spacial score (nSPS) is 12.0. The fourth-order valence-corrected chi connectivity index (χ4v) is 1.52. The number of carbonyl (C=O) groups is 1. The van der Waals surface area contributed by atoms with E-state index in [-0.39, 0.29) is 9.26 Å². The number of halogens is 4. The van der Waals surface area contributed by atoms with Gasteiger partial charge >= 0.3 is 12.1 Å². The molecule has 1 rings (SSSR count). The molecule has 0 radical (unpaired) electrons. The van der Waals surface area contributed by atoms with Crippen LogP contribution in [0.2, 0.25) is 0 Å². The molecule has 0 unspecified atom stereocenters. The lowest BCUT2D eigenvalue weighted by atomic mass is 10.2. The number of hydrogen-bond acceptors (Lipinski definition) is 2. The van der Waals surface area contributed by atoms with Gasteiger partial charge in [-0.1, -0.05) is 0 Å². The Hall–Kier alpha value is -1.12. The predicted molar refractivity (Wildman–Crippen MR) is 58.6 cm³/mol. The maximum absolute atomic E-state index is 12.4. The first-order valence-electron chi connectivity index (χ1n) is 3.94. The summed E-state index contributed by atoms with van der Waals surface area (Å²) in [4.78, 5) is 13.7. The molecule has 1 aromatic rings. The summed E-state index contributed by atoms with van der Waals surface area (Å²) in [7, 11) is 0. The van der Waals surface area contributed by atoms with E-state index < -0.39 is 17.7 Å². The van der Waals surface area contributed by atoms with Crippen LogP contribution >= 0.6 is 22.6 Å². The molecular weight excluding hydrogens is 338 g/mol. The van der Waals surface area contributed by atoms with Crippen molar-refractivity contribution in [1.82, 2.24) is 4.98 Å². The van der Waals surface area contributed by atoms with E-state index in [2.05, 4.69) is 4.98 Å². The van der Waals surface area contributed by atoms with Crippen LogP contribution in [0.4, 0.5) is 13.2 Å². The van der Waals surface area contributed by atoms with Gasteiger partial charge in [-0.2, -0.15) is 13.2 Å². The van der Waals surface area contributed by atoms with Gasteiger partial charge in [0.1, 0.15) is 3.70 Å². The van der Waals surface area contributed by atoms with Crippen LogP contribution in [0, 0.1) is 3.70 Å². The zero-order valence-corrected chi connectivity index (χ0v) is 9.78. The van der Waals surface area contributed by atoms with E-state index in [0.717, 1.165) is 18.2 Å². The monoisotopic (exact) mass is 343 g/mol. The summed E-state index contributed by atoms with van der Waals surface area (Å²) >= 11 is 1.47. The summed E-state index contributed by atoms with van der Waals surface area (Å²) in [5.41, 5.74) is -0.782. The summed E-state index contributed by atoms with van der Waals surface area (Å²) in [5.74, 6) is -1.23. The minimum absolute atomic E-state index is 0.0927. The highest BCUT2D eigenvalue weighted by Crippen LogP contribution is 2.32. The van der Waals surface area contributed by atoms with E-state index >= 15 is 0 Å². The molecule has 0 saturated heterocycles. The van der Waals surface area contributed by atoms with Gasteiger partial charge in [0, 0.05) is 12.3 Å². The number of alkyl halides is 3. The Bertz CT molecular complexity index is 443. The van der Waals surface area contributed by atoms with E-state index in [1.165, 1.54) is 28.8 Å². The van der Waals surface area contributed by atoms with Crippen molar-refractivity contribution in [1.29, 1.82) is 0 Å². The third kappa shape index (κ3) is 3.47. The van der Waals surface area contributed by atoms with Crippen molar-refractivity contribution in [2.45, 2.75) is 6.18 Å². The number of aliphatic carboxylic acids is 1. The molecule has 0 aliphatic carbocycles. The number of hydrogen-bond donors (Lipinski definition) is 1. The molecule has 0 saturated carbocycles. The Morgan fingerprint density at radius 1 is 1.50 bits per heavy atom. The van der Waals surface area contributed by atoms with Crippen molar-refractivity contribution >= 4 is 34.6 Å². The maximum atomic E-state index is 12.4. The van der Waals surface area contributed by atoms with Crippen molar-refractivity contribution in [3.63, 3.8) is 0 Å². The van der Waals surface area contributed by atoms with Crippen molar-refractivity contribution in [3.05, 3.63) is 33.2 Å². The topological polar surface area (TPSA) is 50.2 Å². The number of carboxylic acids is 1. The van der Waals surface area contributed by atoms with Crippen molar-refractivity contribution in [2.24, 2.45) is 0 Å². The summed E-state index contributed by atoms with van der Waals surface area (Å²) in [6.45, 7) is 0. The van der Waals surface area contributed by atoms with Gasteiger partial charge in [-0.25, -0.2) is 9.78 Å². The van der Waals surface area contributed by atoms with E-state index in [1.54, 1.807) is 0 Å². The highest BCUT2D eigenvalue weighted by atomic mass is 127. The second-order valence-electron chi connectivity index (χ2n) is 2.78. The molecule has 1 aromatic heterocycles. The first-order valence-corrected chi connectivity index (χ1v) is 5.02. The van der Waals surface area contributed by atoms with Crippen LogP contribution in [0.5, 0.6) is 0 Å². The lowest BCUT2D eigenvalue weighted by Gasteiger charge is -2.08. The molecule has 16 heavy (non-hydrogen) atoms. The van der Waals surface area contributed by atoms with Gasteiger partial charge in [0.25, 0.3) is 0 Å². The first kappa shape index (κ1) is 12.9. The lowest BCUT2D eigenvalue weighted by molar-refractivity contribution is -0.138. The van der Waals surface area contributed by atoms with E-state index in [4.69, 9.17) is 5.11 Å². The SMILES string of the molecule is O=C(O)/C=C/c1cnc(I)c(C(F)(F)F)c1. The quantitative estimate of drug-likeness (QED) is 0.510. The number of rotatable bonds is 2. The predicted octanol–water partition coefficient (Wildman–Crippen LogP) is 2.80. The number of carboxylic acid groups (broad SMARTS) is 1. The van der Waals surface area contributed by atoms with Gasteiger partial charge in [0.05, 0.1) is 5.56 Å². The van der Waals surface area contributed by atoms with Crippen LogP contribution in [-0.2, 0) is 11.0 Å². The summed E-state index contributed by atoms with van der Waals surface area (Å²) in [6.07, 6.45) is -1.50. The average molecular weight is 343 g/mol. The molecule has 0 spiro atoms. The van der Waals surface area contributed by atoms with Gasteiger partial charge in [-0.15, -0.1) is 0 Å². The van der Waals surface area contributed by atoms with Crippen LogP contribution in [0.25, 0.3) is 6.08 Å². The molecule has 7 heteroatoms. The second-order valence-corrected chi connectivity index (χ2v) is 3.80. The summed E-state index contributed by atoms with van der Waals surface area (Å²) in [5, 5.41) is 8.33. The van der Waals surface area contributed by atoms with Gasteiger partial charge in [0.2, 0.25) is 0 Å². The molecule has 86 valence electrons. The van der Waals surface area contributed by atoms with Gasteiger partial charge in [0.15, 0.2) is 0 Å². The van der Waals surface area contributed by atoms with Crippen molar-refractivity contribution < 1.29 is 23.1 Å². The van der Waals surface area contributed by atoms with Gasteiger partial charge < -0.3 is 5.11 Å². The smallest absolute Gasteiger partial charge is 0.418 e. The Morgan fingerprint density at radius 3 is 2.62 bits per heavy atom. The lowest BCUT2D eigenvalue weighted by Crippen LogP contribution is -2.09. The molecule has 1 heterocycles. The zero-order valence-electron chi connectivity index (χ0n) is 7.62. The summed E-state index contributed by atoms with van der Waals surface area (Å²) < 4.78 is 37.2. The number of pyridine rings is 1. The maximum Gasteiger partial charge on any atom is 0.418 e. The van der Waals surface area contributed by atoms with E-state index in [0.29, 0.717) is 0 Å². The highest BCUT2D eigenvalue weighted by molar-refractivity contribution is 14.1. The molecule has 0 aliphatic heterocycles. The van der Waals surface area contributed by atoms with E-state index in [1.807, 2.05) is 0 Å². The molecule has 0 aromatic carbocycles. The molecule has 0 atom stereocenters. The van der Waals surface area contributed by atoms with Gasteiger partial charge in [-0.3, -0.25) is 0 Å². The minimum Gasteiger partial charge on any atom is -0.478 e. The standard InChI is InChI=1S/C9H5F3INO2/c10-9(11,12)6-3-5(1-2-7(15)16)4-14-8(6)13/h1-4H,(H,15,16)/b2-1+. The Balaban J connectivity index is 3.13. The van der Waals surface area contributed by atoms with E-state index in [9.17, 15) is 18.0 Å². The third-order valence-electron chi connectivity index (χ3n) is 1.58. The van der Waals surface area contributed by atoms with Gasteiger partial charge in [-0.05, 0) is 40.3 Å². The molecule has 0 aliphatic rings. The first-order chi connectivity index (χ1) is 7.30. The van der Waals surface area contributed by atoms with Crippen LogP contribution in [0.3, 0.4) is 0 Å². The van der Waals surface area contributed by atoms with Crippen LogP contribution in [0.15, 0.2) is 18.3 Å². The Morgan fingerprint density at radius 2 is 2.12 bits per heavy atom. The number of aromatic nitrogens is 1. The highest BCUT2D eigenvalue weighted by Gasteiger charge is 2.33. The Kier molecular flexibility index (Phi) is 3.89. The van der Waals surface area contributed by atoms with Crippen molar-refractivity contribution in [3.8, 4) is 0 Å².